The highest BCUT2D eigenvalue weighted by Crippen LogP contribution is 2.29. The molecule has 0 spiro atoms. The predicted molar refractivity (Wildman–Crippen MR) is 87.6 cm³/mol. The topological polar surface area (TPSA) is 65.5 Å². The van der Waals surface area contributed by atoms with E-state index in [0.29, 0.717) is 0 Å². The van der Waals surface area contributed by atoms with Gasteiger partial charge >= 0.3 is 5.97 Å². The number of carbonyl (C=O) groups excluding carboxylic acids is 2. The number of pyridine rings is 1. The molecule has 0 aliphatic rings. The lowest BCUT2D eigenvalue weighted by atomic mass is 10.1. The number of ether oxygens (including phenoxy) is 2. The molecule has 22 heavy (non-hydrogen) atoms. The summed E-state index contributed by atoms with van der Waals surface area (Å²) in [7, 11) is 0. The minimum Gasteiger partial charge on any atom is -0.500 e. The molecule has 0 fully saturated rings. The molecular weight excluding hydrogens is 451 g/mol. The number of halogens is 4. The van der Waals surface area contributed by atoms with Crippen molar-refractivity contribution in [2.45, 2.75) is 13.8 Å². The molecule has 1 heterocycles. The van der Waals surface area contributed by atoms with Crippen LogP contribution >= 0.6 is 45.8 Å². The Hall–Kier alpha value is -0.930. The Morgan fingerprint density at radius 3 is 2.45 bits per heavy atom. The summed E-state index contributed by atoms with van der Waals surface area (Å²) < 4.78 is 23.4. The second-order valence-electron chi connectivity index (χ2n) is 3.73. The summed E-state index contributed by atoms with van der Waals surface area (Å²) in [6.45, 7) is 3.55. The highest BCUT2D eigenvalue weighted by molar-refractivity contribution is 14.1. The largest absolute Gasteiger partial charge is 0.500 e. The number of aromatic nitrogens is 1. The van der Waals surface area contributed by atoms with Crippen LogP contribution in [0.4, 0.5) is 4.39 Å². The lowest BCUT2D eigenvalue weighted by Gasteiger charge is -2.10. The summed E-state index contributed by atoms with van der Waals surface area (Å²) in [5.74, 6) is -2.65. The van der Waals surface area contributed by atoms with Crippen molar-refractivity contribution < 1.29 is 23.5 Å². The van der Waals surface area contributed by atoms with Crippen LogP contribution in [0.5, 0.6) is 0 Å². The Morgan fingerprint density at radius 1 is 1.27 bits per heavy atom. The zero-order valence-corrected chi connectivity index (χ0v) is 15.3. The van der Waals surface area contributed by atoms with Crippen LogP contribution in [-0.2, 0) is 14.3 Å². The summed E-state index contributed by atoms with van der Waals surface area (Å²) in [6.07, 6.45) is 0.958. The minimum atomic E-state index is -0.900. The SMILES string of the molecule is CCO/C=C(\C(=O)OCC)C(=O)c1c(Cl)nc(Cl)c(F)c1I. The number of nitrogens with zero attached hydrogens (tertiary/aromatic N) is 1. The van der Waals surface area contributed by atoms with Crippen molar-refractivity contribution in [3.8, 4) is 0 Å². The molecule has 0 saturated carbocycles. The van der Waals surface area contributed by atoms with E-state index in [2.05, 4.69) is 4.98 Å². The van der Waals surface area contributed by atoms with Gasteiger partial charge in [0.05, 0.1) is 22.3 Å². The number of rotatable bonds is 6. The molecule has 0 aliphatic carbocycles. The molecule has 120 valence electrons. The van der Waals surface area contributed by atoms with Gasteiger partial charge in [0.2, 0.25) is 5.78 Å². The monoisotopic (exact) mass is 461 g/mol. The molecule has 0 N–H and O–H groups in total. The fraction of sp³-hybridized carbons (Fsp3) is 0.308. The number of hydrogen-bond donors (Lipinski definition) is 0. The van der Waals surface area contributed by atoms with Crippen LogP contribution in [0.2, 0.25) is 10.3 Å². The smallest absolute Gasteiger partial charge is 0.345 e. The molecule has 1 rings (SSSR count). The quantitative estimate of drug-likeness (QED) is 0.0942. The van der Waals surface area contributed by atoms with Crippen molar-refractivity contribution in [2.75, 3.05) is 13.2 Å². The lowest BCUT2D eigenvalue weighted by Crippen LogP contribution is -2.19. The standard InChI is InChI=1S/C13H11Cl2FINO4/c1-3-21-5-6(13(20)22-4-2)10(19)7-9(17)8(16)12(15)18-11(7)14/h5H,3-4H2,1-2H3/b6-5-. The van der Waals surface area contributed by atoms with Crippen LogP contribution in [0.3, 0.4) is 0 Å². The molecule has 1 aromatic rings. The van der Waals surface area contributed by atoms with E-state index in [1.165, 1.54) is 0 Å². The van der Waals surface area contributed by atoms with Gasteiger partial charge in [0.15, 0.2) is 11.0 Å². The molecule has 0 atom stereocenters. The third kappa shape index (κ3) is 4.30. The van der Waals surface area contributed by atoms with Gasteiger partial charge in [0.25, 0.3) is 0 Å². The molecular formula is C13H11Cl2FINO4. The zero-order valence-electron chi connectivity index (χ0n) is 11.6. The van der Waals surface area contributed by atoms with Crippen LogP contribution in [-0.4, -0.2) is 30.0 Å². The van der Waals surface area contributed by atoms with E-state index in [9.17, 15) is 14.0 Å². The molecule has 0 amide bonds. The van der Waals surface area contributed by atoms with Crippen LogP contribution in [0, 0.1) is 9.39 Å². The third-order valence-electron chi connectivity index (χ3n) is 2.33. The maximum atomic E-state index is 13.8. The molecule has 0 radical (unpaired) electrons. The van der Waals surface area contributed by atoms with Gasteiger partial charge in [-0.1, -0.05) is 23.2 Å². The second-order valence-corrected chi connectivity index (χ2v) is 5.53. The van der Waals surface area contributed by atoms with Crippen molar-refractivity contribution >= 4 is 57.5 Å². The highest BCUT2D eigenvalue weighted by Gasteiger charge is 2.29. The predicted octanol–water partition coefficient (Wildman–Crippen LogP) is 3.80. The van der Waals surface area contributed by atoms with E-state index in [-0.39, 0.29) is 27.5 Å². The third-order valence-corrected chi connectivity index (χ3v) is 3.87. The van der Waals surface area contributed by atoms with Crippen LogP contribution < -0.4 is 0 Å². The van der Waals surface area contributed by atoms with Gasteiger partial charge in [-0.25, -0.2) is 14.2 Å². The van der Waals surface area contributed by atoms with E-state index in [0.717, 1.165) is 6.26 Å². The first-order valence-electron chi connectivity index (χ1n) is 6.08. The average Bonchev–Trinajstić information content (AvgIpc) is 2.45. The van der Waals surface area contributed by atoms with Gasteiger partial charge in [-0.3, -0.25) is 4.79 Å². The van der Waals surface area contributed by atoms with Crippen LogP contribution in [0.25, 0.3) is 0 Å². The summed E-state index contributed by atoms with van der Waals surface area (Å²) in [4.78, 5) is 27.9. The second kappa shape index (κ2) is 8.64. The van der Waals surface area contributed by atoms with Gasteiger partial charge in [-0.05, 0) is 36.4 Å². The fourth-order valence-electron chi connectivity index (χ4n) is 1.38. The summed E-state index contributed by atoms with van der Waals surface area (Å²) in [5.41, 5.74) is -0.685. The number of esters is 1. The molecule has 0 unspecified atom stereocenters. The van der Waals surface area contributed by atoms with Crippen molar-refractivity contribution in [3.05, 3.63) is 37.1 Å². The lowest BCUT2D eigenvalue weighted by molar-refractivity contribution is -0.138. The Kier molecular flexibility index (Phi) is 7.51. The molecule has 9 heteroatoms. The van der Waals surface area contributed by atoms with Crippen molar-refractivity contribution in [3.63, 3.8) is 0 Å². The normalized spacial score (nSPS) is 11.3. The van der Waals surface area contributed by atoms with E-state index in [1.54, 1.807) is 36.4 Å². The summed E-state index contributed by atoms with van der Waals surface area (Å²) in [5, 5.41) is -0.773. The van der Waals surface area contributed by atoms with Gasteiger partial charge in [0, 0.05) is 0 Å². The number of hydrogen-bond acceptors (Lipinski definition) is 5. The Morgan fingerprint density at radius 2 is 1.91 bits per heavy atom. The van der Waals surface area contributed by atoms with Crippen molar-refractivity contribution in [1.29, 1.82) is 0 Å². The van der Waals surface area contributed by atoms with E-state index >= 15 is 0 Å². The maximum Gasteiger partial charge on any atom is 0.345 e. The van der Waals surface area contributed by atoms with Crippen LogP contribution in [0.1, 0.15) is 24.2 Å². The van der Waals surface area contributed by atoms with E-state index in [1.807, 2.05) is 0 Å². The maximum absolute atomic E-state index is 13.8. The summed E-state index contributed by atoms with van der Waals surface area (Å²) >= 11 is 13.0. The number of carbonyl (C=O) groups is 2. The van der Waals surface area contributed by atoms with Gasteiger partial charge < -0.3 is 9.47 Å². The molecule has 0 aromatic carbocycles. The minimum absolute atomic E-state index is 0.0631. The van der Waals surface area contributed by atoms with Gasteiger partial charge in [0.1, 0.15) is 17.0 Å². The van der Waals surface area contributed by atoms with Gasteiger partial charge in [-0.15, -0.1) is 0 Å². The van der Waals surface area contributed by atoms with E-state index < -0.39 is 28.3 Å². The molecule has 0 bridgehead atoms. The number of ketones is 1. The molecule has 5 nitrogen and oxygen atoms in total. The molecule has 0 saturated heterocycles. The Labute approximate surface area is 149 Å². The number of Topliss-reactive ketones (excluding diaryl/α,β-unsaturated/α-hetero) is 1. The first-order chi connectivity index (χ1) is 10.3. The molecule has 1 aromatic heterocycles. The average molecular weight is 462 g/mol. The van der Waals surface area contributed by atoms with Gasteiger partial charge in [-0.2, -0.15) is 0 Å². The van der Waals surface area contributed by atoms with E-state index in [4.69, 9.17) is 32.7 Å². The highest BCUT2D eigenvalue weighted by atomic mass is 127. The molecule has 0 aliphatic heterocycles. The Balaban J connectivity index is 3.37. The van der Waals surface area contributed by atoms with Crippen molar-refractivity contribution in [1.82, 2.24) is 4.98 Å². The Bertz CT molecular complexity index is 637. The van der Waals surface area contributed by atoms with Crippen LogP contribution in [0.15, 0.2) is 11.8 Å². The summed E-state index contributed by atoms with van der Waals surface area (Å²) in [6, 6.07) is 0. The zero-order chi connectivity index (χ0) is 16.9. The first kappa shape index (κ1) is 19.1. The fourth-order valence-corrected chi connectivity index (χ4v) is 2.94. The first-order valence-corrected chi connectivity index (χ1v) is 7.92. The van der Waals surface area contributed by atoms with Crippen molar-refractivity contribution in [2.24, 2.45) is 0 Å².